The van der Waals surface area contributed by atoms with Crippen LogP contribution in [0, 0.1) is 5.92 Å². The molecule has 0 aromatic carbocycles. The molecule has 21 heavy (non-hydrogen) atoms. The summed E-state index contributed by atoms with van der Waals surface area (Å²) < 4.78 is 15.1. The lowest BCUT2D eigenvalue weighted by molar-refractivity contribution is 0.0425. The van der Waals surface area contributed by atoms with Crippen molar-refractivity contribution in [3.8, 4) is 0 Å². The minimum atomic E-state index is -1.04. The summed E-state index contributed by atoms with van der Waals surface area (Å²) in [6.45, 7) is 1.47. The van der Waals surface area contributed by atoms with E-state index in [1.54, 1.807) is 4.90 Å². The molecule has 1 heterocycles. The third kappa shape index (κ3) is 4.31. The van der Waals surface area contributed by atoms with Gasteiger partial charge < -0.3 is 16.0 Å². The molecule has 2 atom stereocenters. The number of carbonyl (C=O) groups excluding carboxylic acids is 1. The van der Waals surface area contributed by atoms with Crippen LogP contribution in [0.4, 0.5) is 9.18 Å². The minimum absolute atomic E-state index is 0.0956. The average Bonchev–Trinajstić information content (AvgIpc) is 2.47. The number of likely N-dealkylation sites (tertiary alicyclic amines) is 1. The van der Waals surface area contributed by atoms with Gasteiger partial charge in [-0.3, -0.25) is 0 Å². The predicted molar refractivity (Wildman–Crippen MR) is 82.9 cm³/mol. The largest absolute Gasteiger partial charge is 0.351 e. The van der Waals surface area contributed by atoms with Gasteiger partial charge in [0.15, 0.2) is 0 Å². The summed E-state index contributed by atoms with van der Waals surface area (Å²) in [5.74, 6) is 0.158. The summed E-state index contributed by atoms with van der Waals surface area (Å²) in [5, 5.41) is 3.19. The van der Waals surface area contributed by atoms with E-state index in [4.69, 9.17) is 5.73 Å². The highest BCUT2D eigenvalue weighted by Gasteiger charge is 2.39. The Hall–Kier alpha value is -0.840. The Bertz CT molecular complexity index is 344. The molecule has 1 aliphatic carbocycles. The number of rotatable bonds is 5. The second-order valence-electron chi connectivity index (χ2n) is 6.83. The number of alkyl halides is 1. The maximum absolute atomic E-state index is 15.1. The van der Waals surface area contributed by atoms with Crippen LogP contribution in [0.15, 0.2) is 0 Å². The number of carbonyl (C=O) groups is 1. The van der Waals surface area contributed by atoms with Crippen molar-refractivity contribution < 1.29 is 9.18 Å². The maximum Gasteiger partial charge on any atom is 0.315 e. The van der Waals surface area contributed by atoms with Gasteiger partial charge in [-0.25, -0.2) is 9.18 Å². The van der Waals surface area contributed by atoms with Crippen molar-refractivity contribution in [2.75, 3.05) is 20.1 Å². The van der Waals surface area contributed by atoms with Gasteiger partial charge in [0, 0.05) is 12.6 Å². The molecule has 2 fully saturated rings. The molecule has 0 aromatic heterocycles. The van der Waals surface area contributed by atoms with Gasteiger partial charge in [0.25, 0.3) is 0 Å². The van der Waals surface area contributed by atoms with Gasteiger partial charge in [0.05, 0.1) is 0 Å². The Balaban J connectivity index is 2.07. The Kier molecular flexibility index (Phi) is 5.85. The molecule has 2 aliphatic rings. The van der Waals surface area contributed by atoms with E-state index in [-0.39, 0.29) is 18.0 Å². The lowest BCUT2D eigenvalue weighted by atomic mass is 9.76. The number of hydrogen-bond acceptors (Lipinski definition) is 2. The zero-order valence-corrected chi connectivity index (χ0v) is 13.2. The standard InChI is InChI=1S/C16H30FN3O/c1-19-12-13(11-16(17)8-4-2-5-9-16)14-7-3-6-10-20(14)15(18)21/h13-14,19H,2-12H2,1H3,(H2,18,21). The molecule has 0 aromatic rings. The Morgan fingerprint density at radius 3 is 2.67 bits per heavy atom. The van der Waals surface area contributed by atoms with E-state index in [0.29, 0.717) is 19.3 Å². The second-order valence-corrected chi connectivity index (χ2v) is 6.83. The van der Waals surface area contributed by atoms with E-state index in [9.17, 15) is 4.79 Å². The van der Waals surface area contributed by atoms with Crippen molar-refractivity contribution in [3.05, 3.63) is 0 Å². The van der Waals surface area contributed by atoms with Crippen molar-refractivity contribution in [1.82, 2.24) is 10.2 Å². The number of urea groups is 1. The first kappa shape index (κ1) is 16.5. The van der Waals surface area contributed by atoms with Crippen LogP contribution in [0.2, 0.25) is 0 Å². The van der Waals surface area contributed by atoms with Crippen LogP contribution in [0.5, 0.6) is 0 Å². The second kappa shape index (κ2) is 7.43. The van der Waals surface area contributed by atoms with Gasteiger partial charge in [0.2, 0.25) is 0 Å². The minimum Gasteiger partial charge on any atom is -0.351 e. The number of nitrogens with two attached hydrogens (primary N) is 1. The molecule has 0 bridgehead atoms. The fourth-order valence-electron chi connectivity index (χ4n) is 4.19. The number of halogens is 1. The van der Waals surface area contributed by atoms with Crippen LogP contribution in [-0.4, -0.2) is 42.8 Å². The highest BCUT2D eigenvalue weighted by atomic mass is 19.1. The van der Waals surface area contributed by atoms with E-state index in [1.807, 2.05) is 7.05 Å². The molecule has 2 unspecified atom stereocenters. The molecule has 5 heteroatoms. The number of nitrogens with one attached hydrogen (secondary N) is 1. The number of nitrogens with zero attached hydrogens (tertiary/aromatic N) is 1. The molecule has 0 spiro atoms. The van der Waals surface area contributed by atoms with E-state index >= 15 is 4.39 Å². The van der Waals surface area contributed by atoms with Crippen molar-refractivity contribution in [2.24, 2.45) is 11.7 Å². The molecule has 1 saturated carbocycles. The van der Waals surface area contributed by atoms with Gasteiger partial charge in [-0.05, 0) is 58.0 Å². The first-order valence-electron chi connectivity index (χ1n) is 8.45. The molecule has 3 N–H and O–H groups in total. The summed E-state index contributed by atoms with van der Waals surface area (Å²) in [5.41, 5.74) is 4.49. The fourth-order valence-corrected chi connectivity index (χ4v) is 4.19. The molecule has 2 rings (SSSR count). The van der Waals surface area contributed by atoms with Crippen LogP contribution in [0.1, 0.15) is 57.8 Å². The monoisotopic (exact) mass is 299 g/mol. The molecule has 2 amide bonds. The first-order valence-corrected chi connectivity index (χ1v) is 8.45. The first-order chi connectivity index (χ1) is 10.1. The van der Waals surface area contributed by atoms with Crippen LogP contribution in [-0.2, 0) is 0 Å². The average molecular weight is 299 g/mol. The fraction of sp³-hybridized carbons (Fsp3) is 0.938. The van der Waals surface area contributed by atoms with Gasteiger partial charge in [-0.2, -0.15) is 0 Å². The van der Waals surface area contributed by atoms with Gasteiger partial charge in [0.1, 0.15) is 5.67 Å². The molecule has 0 radical (unpaired) electrons. The third-order valence-corrected chi connectivity index (χ3v) is 5.22. The van der Waals surface area contributed by atoms with Crippen molar-refractivity contribution in [1.29, 1.82) is 0 Å². The quantitative estimate of drug-likeness (QED) is 0.820. The van der Waals surface area contributed by atoms with E-state index in [1.165, 1.54) is 0 Å². The SMILES string of the molecule is CNCC(CC1(F)CCCCC1)C1CCCCN1C(N)=O. The van der Waals surface area contributed by atoms with Crippen LogP contribution >= 0.6 is 0 Å². The lowest BCUT2D eigenvalue weighted by Gasteiger charge is -2.42. The summed E-state index contributed by atoms with van der Waals surface area (Å²) >= 11 is 0. The number of hydrogen-bond donors (Lipinski definition) is 2. The topological polar surface area (TPSA) is 58.4 Å². The summed E-state index contributed by atoms with van der Waals surface area (Å²) in [4.78, 5) is 13.5. The van der Waals surface area contributed by atoms with Gasteiger partial charge >= 0.3 is 6.03 Å². The third-order valence-electron chi connectivity index (χ3n) is 5.22. The number of primary amides is 1. The van der Waals surface area contributed by atoms with Crippen molar-refractivity contribution in [2.45, 2.75) is 69.5 Å². The summed E-state index contributed by atoms with van der Waals surface area (Å²) in [6.07, 6.45) is 8.11. The molecular weight excluding hydrogens is 269 g/mol. The van der Waals surface area contributed by atoms with E-state index in [0.717, 1.165) is 51.6 Å². The summed E-state index contributed by atoms with van der Waals surface area (Å²) in [7, 11) is 1.90. The smallest absolute Gasteiger partial charge is 0.315 e. The Labute approximate surface area is 127 Å². The van der Waals surface area contributed by atoms with Crippen molar-refractivity contribution >= 4 is 6.03 Å². The van der Waals surface area contributed by atoms with Gasteiger partial charge in [-0.15, -0.1) is 0 Å². The van der Waals surface area contributed by atoms with E-state index in [2.05, 4.69) is 5.32 Å². The highest BCUT2D eigenvalue weighted by Crippen LogP contribution is 2.39. The van der Waals surface area contributed by atoms with E-state index < -0.39 is 5.67 Å². The summed E-state index contributed by atoms with van der Waals surface area (Å²) in [6, 6.07) is -0.254. The highest BCUT2D eigenvalue weighted by molar-refractivity contribution is 5.72. The lowest BCUT2D eigenvalue weighted by Crippen LogP contribution is -2.52. The Morgan fingerprint density at radius 1 is 1.33 bits per heavy atom. The molecule has 4 nitrogen and oxygen atoms in total. The number of piperidine rings is 1. The maximum atomic E-state index is 15.1. The molecule has 1 saturated heterocycles. The van der Waals surface area contributed by atoms with Crippen LogP contribution in [0.25, 0.3) is 0 Å². The van der Waals surface area contributed by atoms with Gasteiger partial charge in [-0.1, -0.05) is 19.3 Å². The normalized spacial score (nSPS) is 27.3. The van der Waals surface area contributed by atoms with Crippen molar-refractivity contribution in [3.63, 3.8) is 0 Å². The molecular formula is C16H30FN3O. The zero-order valence-electron chi connectivity index (χ0n) is 13.2. The molecule has 1 aliphatic heterocycles. The molecule has 122 valence electrons. The van der Waals surface area contributed by atoms with Crippen LogP contribution < -0.4 is 11.1 Å². The predicted octanol–water partition coefficient (Wildman–Crippen LogP) is 2.82. The Morgan fingerprint density at radius 2 is 2.05 bits per heavy atom. The number of amides is 2. The van der Waals surface area contributed by atoms with Crippen LogP contribution in [0.3, 0.4) is 0 Å². The zero-order chi connectivity index (χ0) is 15.3.